The molecule has 37 heavy (non-hydrogen) atoms. The van der Waals surface area contributed by atoms with Crippen molar-refractivity contribution in [2.45, 2.75) is 64.1 Å². The van der Waals surface area contributed by atoms with E-state index in [1.807, 2.05) is 79.7 Å². The number of nitrogens with one attached hydrogen (secondary N) is 1. The van der Waals surface area contributed by atoms with Crippen molar-refractivity contribution in [1.82, 2.24) is 10.2 Å². The van der Waals surface area contributed by atoms with E-state index in [1.54, 1.807) is 11.0 Å². The Labute approximate surface area is 224 Å². The zero-order chi connectivity index (χ0) is 26.0. The van der Waals surface area contributed by atoms with Gasteiger partial charge in [-0.2, -0.15) is 0 Å². The van der Waals surface area contributed by atoms with E-state index >= 15 is 0 Å². The van der Waals surface area contributed by atoms with Crippen molar-refractivity contribution >= 4 is 23.4 Å². The molecule has 0 heterocycles. The molecule has 3 aromatic rings. The van der Waals surface area contributed by atoms with Gasteiger partial charge in [0.1, 0.15) is 11.8 Å². The third-order valence-corrected chi connectivity index (χ3v) is 7.27. The molecule has 1 fully saturated rings. The van der Waals surface area contributed by atoms with Crippen molar-refractivity contribution in [3.63, 3.8) is 0 Å². The molecule has 1 unspecified atom stereocenters. The summed E-state index contributed by atoms with van der Waals surface area (Å²) in [5.74, 6) is 0.217. The average molecular weight is 519 g/mol. The van der Waals surface area contributed by atoms with E-state index in [4.69, 9.17) is 16.3 Å². The lowest BCUT2D eigenvalue weighted by molar-refractivity contribution is -0.143. The lowest BCUT2D eigenvalue weighted by Gasteiger charge is -2.33. The summed E-state index contributed by atoms with van der Waals surface area (Å²) in [7, 11) is 0. The molecule has 2 amide bonds. The highest BCUT2D eigenvalue weighted by molar-refractivity contribution is 6.31. The van der Waals surface area contributed by atoms with E-state index < -0.39 is 6.04 Å². The summed E-state index contributed by atoms with van der Waals surface area (Å²) in [5.41, 5.74) is 2.89. The summed E-state index contributed by atoms with van der Waals surface area (Å²) in [6.07, 6.45) is 5.77. The van der Waals surface area contributed by atoms with E-state index in [2.05, 4.69) is 5.32 Å². The van der Waals surface area contributed by atoms with Crippen LogP contribution < -0.4 is 10.1 Å². The van der Waals surface area contributed by atoms with Gasteiger partial charge in [0.2, 0.25) is 5.91 Å². The summed E-state index contributed by atoms with van der Waals surface area (Å²) >= 11 is 6.49. The molecule has 1 atom stereocenters. The fourth-order valence-corrected chi connectivity index (χ4v) is 4.97. The van der Waals surface area contributed by atoms with Gasteiger partial charge < -0.3 is 15.0 Å². The van der Waals surface area contributed by atoms with Crippen molar-refractivity contribution in [2.75, 3.05) is 6.61 Å². The van der Waals surface area contributed by atoms with E-state index in [-0.39, 0.29) is 31.0 Å². The van der Waals surface area contributed by atoms with Crippen LogP contribution in [-0.2, 0) is 22.6 Å². The first kappa shape index (κ1) is 26.7. The zero-order valence-electron chi connectivity index (χ0n) is 21.4. The number of amides is 2. The number of benzene rings is 3. The molecule has 1 N–H and O–H groups in total. The van der Waals surface area contributed by atoms with Crippen molar-refractivity contribution in [3.8, 4) is 5.75 Å². The fourth-order valence-electron chi connectivity index (χ4n) is 4.77. The number of rotatable bonds is 10. The molecule has 0 aliphatic heterocycles. The van der Waals surface area contributed by atoms with E-state index in [1.165, 1.54) is 6.42 Å². The van der Waals surface area contributed by atoms with Crippen LogP contribution in [0.25, 0.3) is 0 Å². The van der Waals surface area contributed by atoms with Gasteiger partial charge in [-0.1, -0.05) is 97.1 Å². The predicted octanol–water partition coefficient (Wildman–Crippen LogP) is 6.12. The maximum Gasteiger partial charge on any atom is 0.261 e. The van der Waals surface area contributed by atoms with Crippen molar-refractivity contribution < 1.29 is 14.3 Å². The Hall–Kier alpha value is -3.31. The quantitative estimate of drug-likeness (QED) is 0.352. The lowest BCUT2D eigenvalue weighted by Crippen LogP contribution is -2.53. The Balaban J connectivity index is 1.61. The van der Waals surface area contributed by atoms with Gasteiger partial charge in [0.25, 0.3) is 5.91 Å². The van der Waals surface area contributed by atoms with Crippen LogP contribution in [0.4, 0.5) is 0 Å². The number of hydrogen-bond donors (Lipinski definition) is 1. The molecule has 5 nitrogen and oxygen atoms in total. The first-order chi connectivity index (χ1) is 18.0. The van der Waals surface area contributed by atoms with E-state index in [0.29, 0.717) is 17.2 Å². The second-order valence-corrected chi connectivity index (χ2v) is 10.2. The lowest BCUT2D eigenvalue weighted by atomic mass is 9.94. The van der Waals surface area contributed by atoms with Crippen LogP contribution in [0.3, 0.4) is 0 Å². The van der Waals surface area contributed by atoms with E-state index in [0.717, 1.165) is 42.4 Å². The predicted molar refractivity (Wildman–Crippen MR) is 148 cm³/mol. The summed E-state index contributed by atoms with van der Waals surface area (Å²) in [5, 5.41) is 3.81. The number of halogens is 1. The average Bonchev–Trinajstić information content (AvgIpc) is 2.92. The number of ether oxygens (including phenoxy) is 1. The van der Waals surface area contributed by atoms with Crippen LogP contribution in [0.5, 0.6) is 5.75 Å². The molecule has 0 spiro atoms. The zero-order valence-corrected chi connectivity index (χ0v) is 22.1. The Kier molecular flexibility index (Phi) is 9.61. The smallest absolute Gasteiger partial charge is 0.261 e. The summed E-state index contributed by atoms with van der Waals surface area (Å²) in [4.78, 5) is 29.1. The van der Waals surface area contributed by atoms with Crippen LogP contribution in [0.2, 0.25) is 5.02 Å². The second kappa shape index (κ2) is 13.3. The first-order valence-corrected chi connectivity index (χ1v) is 13.4. The van der Waals surface area contributed by atoms with Gasteiger partial charge in [0.15, 0.2) is 6.61 Å². The maximum absolute atomic E-state index is 13.8. The molecule has 3 aromatic carbocycles. The molecule has 1 saturated carbocycles. The Morgan fingerprint density at radius 2 is 1.62 bits per heavy atom. The Bertz CT molecular complexity index is 1160. The highest BCUT2D eigenvalue weighted by atomic mass is 35.5. The molecule has 0 bridgehead atoms. The second-order valence-electron chi connectivity index (χ2n) is 9.76. The molecule has 4 rings (SSSR count). The molecule has 6 heteroatoms. The number of hydrogen-bond acceptors (Lipinski definition) is 3. The van der Waals surface area contributed by atoms with Gasteiger partial charge in [0, 0.05) is 24.0 Å². The molecule has 194 valence electrons. The highest BCUT2D eigenvalue weighted by Gasteiger charge is 2.32. The summed E-state index contributed by atoms with van der Waals surface area (Å²) in [6, 6.07) is 24.3. The Morgan fingerprint density at radius 3 is 2.32 bits per heavy atom. The van der Waals surface area contributed by atoms with Crippen LogP contribution in [0.1, 0.15) is 48.8 Å². The number of carbonyl (C=O) groups is 2. The van der Waals surface area contributed by atoms with Crippen LogP contribution in [-0.4, -0.2) is 35.4 Å². The highest BCUT2D eigenvalue weighted by Crippen LogP contribution is 2.22. The summed E-state index contributed by atoms with van der Waals surface area (Å²) < 4.78 is 5.85. The first-order valence-electron chi connectivity index (χ1n) is 13.1. The normalized spacial score (nSPS) is 14.5. The molecular weight excluding hydrogens is 484 g/mol. The minimum atomic E-state index is -0.699. The summed E-state index contributed by atoms with van der Waals surface area (Å²) in [6.45, 7) is 2.04. The van der Waals surface area contributed by atoms with Gasteiger partial charge in [-0.25, -0.2) is 0 Å². The molecule has 0 aromatic heterocycles. The maximum atomic E-state index is 13.8. The number of aryl methyl sites for hydroxylation is 1. The van der Waals surface area contributed by atoms with Crippen molar-refractivity contribution in [1.29, 1.82) is 0 Å². The van der Waals surface area contributed by atoms with Crippen LogP contribution in [0.15, 0.2) is 78.9 Å². The number of nitrogens with zero attached hydrogens (tertiary/aromatic N) is 1. The van der Waals surface area contributed by atoms with E-state index in [9.17, 15) is 9.59 Å². The molecular formula is C31H35ClN2O3. The monoisotopic (exact) mass is 518 g/mol. The fraction of sp³-hybridized carbons (Fsp3) is 0.355. The van der Waals surface area contributed by atoms with Crippen LogP contribution in [0, 0.1) is 6.92 Å². The third kappa shape index (κ3) is 7.83. The molecule has 0 radical (unpaired) electrons. The minimum Gasteiger partial charge on any atom is -0.484 e. The topological polar surface area (TPSA) is 58.6 Å². The molecule has 0 saturated heterocycles. The standard InChI is InChI=1S/C31H35ClN2O3/c1-23-16-18-27(19-17-23)37-22-30(35)34(21-25-12-8-9-15-28(25)32)29(20-24-10-4-2-5-11-24)31(36)33-26-13-6-3-7-14-26/h2,4-5,8-12,15-19,26,29H,3,6-7,13-14,20-22H2,1H3,(H,33,36). The minimum absolute atomic E-state index is 0.133. The van der Waals surface area contributed by atoms with Gasteiger partial charge in [-0.3, -0.25) is 9.59 Å². The van der Waals surface area contributed by atoms with Gasteiger partial charge in [-0.05, 0) is 49.1 Å². The van der Waals surface area contributed by atoms with Gasteiger partial charge in [-0.15, -0.1) is 0 Å². The largest absolute Gasteiger partial charge is 0.484 e. The van der Waals surface area contributed by atoms with Gasteiger partial charge in [0.05, 0.1) is 0 Å². The van der Waals surface area contributed by atoms with Crippen molar-refractivity contribution in [3.05, 3.63) is 101 Å². The van der Waals surface area contributed by atoms with Crippen molar-refractivity contribution in [2.24, 2.45) is 0 Å². The Morgan fingerprint density at radius 1 is 0.946 bits per heavy atom. The molecule has 1 aliphatic rings. The van der Waals surface area contributed by atoms with Crippen LogP contribution >= 0.6 is 11.6 Å². The SMILES string of the molecule is Cc1ccc(OCC(=O)N(Cc2ccccc2Cl)C(Cc2ccccc2)C(=O)NC2CCCCC2)cc1. The number of carbonyl (C=O) groups excluding carboxylic acids is 2. The third-order valence-electron chi connectivity index (χ3n) is 6.90. The van der Waals surface area contributed by atoms with Gasteiger partial charge >= 0.3 is 0 Å². The molecule has 1 aliphatic carbocycles.